The molecule has 0 spiro atoms. The maximum atomic E-state index is 5.62. The van der Waals surface area contributed by atoms with Gasteiger partial charge in [0.1, 0.15) is 5.84 Å². The van der Waals surface area contributed by atoms with E-state index in [4.69, 9.17) is 4.99 Å². The number of allylic oxidation sites excluding steroid dienone is 13. The molecule has 45 heavy (non-hydrogen) atoms. The van der Waals surface area contributed by atoms with Gasteiger partial charge in [-0.2, -0.15) is 0 Å². The summed E-state index contributed by atoms with van der Waals surface area (Å²) in [6.45, 7) is 13.9. The average molecular weight is 595 g/mol. The SMILES string of the molecule is CC(C)(C)C1=CCC(C2N=C(C3=CC(CC4C=CC=CC4)=CCC3)NC(C3=CCC(C(C)(C)C)C=C3)=C2c2c#cccc2)C=C1. The second-order valence-electron chi connectivity index (χ2n) is 15.4. The number of hydrogen-bond donors (Lipinski definition) is 1. The normalized spacial score (nSPS) is 26.8. The Morgan fingerprint density at radius 3 is 2.44 bits per heavy atom. The van der Waals surface area contributed by atoms with E-state index in [1.54, 1.807) is 0 Å². The predicted molar refractivity (Wildman–Crippen MR) is 191 cm³/mol. The third-order valence-electron chi connectivity index (χ3n) is 9.97. The first-order valence-corrected chi connectivity index (χ1v) is 17.0. The predicted octanol–water partition coefficient (Wildman–Crippen LogP) is 10.6. The number of aliphatic imine (C=N–C) groups is 1. The Kier molecular flexibility index (Phi) is 8.92. The average Bonchev–Trinajstić information content (AvgIpc) is 3.04. The summed E-state index contributed by atoms with van der Waals surface area (Å²) < 4.78 is 0. The molecular formula is C43H50N2. The molecule has 4 unspecified atom stereocenters. The van der Waals surface area contributed by atoms with Crippen LogP contribution in [0.5, 0.6) is 0 Å². The fourth-order valence-corrected chi connectivity index (χ4v) is 7.13. The Balaban J connectivity index is 1.41. The van der Waals surface area contributed by atoms with Crippen molar-refractivity contribution in [2.75, 3.05) is 0 Å². The zero-order valence-corrected chi connectivity index (χ0v) is 28.2. The number of nitrogens with zero attached hydrogens (tertiary/aromatic N) is 1. The molecule has 0 saturated heterocycles. The lowest BCUT2D eigenvalue weighted by atomic mass is 9.75. The minimum Gasteiger partial charge on any atom is -0.339 e. The maximum absolute atomic E-state index is 5.62. The lowest BCUT2D eigenvalue weighted by Crippen LogP contribution is -2.37. The van der Waals surface area contributed by atoms with E-state index in [9.17, 15) is 0 Å². The second-order valence-corrected chi connectivity index (χ2v) is 15.4. The molecular weight excluding hydrogens is 544 g/mol. The van der Waals surface area contributed by atoms with Crippen LogP contribution in [0.25, 0.3) is 5.57 Å². The monoisotopic (exact) mass is 594 g/mol. The van der Waals surface area contributed by atoms with Crippen LogP contribution in [0.4, 0.5) is 0 Å². The molecule has 2 heteroatoms. The van der Waals surface area contributed by atoms with E-state index in [1.807, 2.05) is 6.07 Å². The van der Waals surface area contributed by atoms with Crippen LogP contribution in [0.3, 0.4) is 0 Å². The number of nitrogens with one attached hydrogen (secondary N) is 1. The number of amidine groups is 1. The Hall–Kier alpha value is -3.83. The summed E-state index contributed by atoms with van der Waals surface area (Å²) >= 11 is 0. The molecule has 4 aliphatic carbocycles. The van der Waals surface area contributed by atoms with Crippen LogP contribution in [0.1, 0.15) is 85.6 Å². The summed E-state index contributed by atoms with van der Waals surface area (Å²) in [6.07, 6.45) is 34.6. The Morgan fingerprint density at radius 2 is 1.80 bits per heavy atom. The molecule has 2 nitrogen and oxygen atoms in total. The first-order chi connectivity index (χ1) is 21.6. The molecule has 6 rings (SSSR count). The molecule has 0 bridgehead atoms. The van der Waals surface area contributed by atoms with E-state index in [-0.39, 0.29) is 22.8 Å². The largest absolute Gasteiger partial charge is 0.339 e. The zero-order chi connectivity index (χ0) is 31.6. The van der Waals surface area contributed by atoms with Gasteiger partial charge in [-0.1, -0.05) is 138 Å². The van der Waals surface area contributed by atoms with Crippen LogP contribution < -0.4 is 5.32 Å². The zero-order valence-electron chi connectivity index (χ0n) is 28.2. The van der Waals surface area contributed by atoms with Gasteiger partial charge >= 0.3 is 0 Å². The van der Waals surface area contributed by atoms with E-state index >= 15 is 0 Å². The molecule has 1 N–H and O–H groups in total. The second kappa shape index (κ2) is 12.9. The van der Waals surface area contributed by atoms with Crippen molar-refractivity contribution in [2.24, 2.45) is 33.6 Å². The lowest BCUT2D eigenvalue weighted by molar-refractivity contribution is 0.293. The first-order valence-electron chi connectivity index (χ1n) is 17.0. The van der Waals surface area contributed by atoms with E-state index in [2.05, 4.69) is 144 Å². The quantitative estimate of drug-likeness (QED) is 0.348. The first kappa shape index (κ1) is 31.2. The molecule has 5 aliphatic rings. The Bertz CT molecular complexity index is 1580. The van der Waals surface area contributed by atoms with Gasteiger partial charge in [0, 0.05) is 17.1 Å². The van der Waals surface area contributed by atoms with Crippen molar-refractivity contribution in [2.45, 2.75) is 86.1 Å². The van der Waals surface area contributed by atoms with Gasteiger partial charge in [-0.05, 0) is 90.0 Å². The fourth-order valence-electron chi connectivity index (χ4n) is 7.13. The standard InChI is InChI=1S/C43H50N2/c1-42(2,3)36-24-20-33(21-25-36)39-38(32-17-11-8-12-18-32)40(34-22-26-37(27-23-34)43(4,5)6)45-41(44-39)35-19-13-16-31(29-35)28-30-14-9-7-10-15-30/h7-11,14,16-17,20-22,24,26-27,29-30,34,36,40H,13,15,19,23,25,28H2,1-6H3,(H,44,45). The molecule has 0 fully saturated rings. The molecule has 0 radical (unpaired) electrons. The summed E-state index contributed by atoms with van der Waals surface area (Å²) in [5.74, 6) is 2.40. The molecule has 0 saturated carbocycles. The van der Waals surface area contributed by atoms with Crippen molar-refractivity contribution < 1.29 is 0 Å². The van der Waals surface area contributed by atoms with Crippen LogP contribution in [0, 0.1) is 40.7 Å². The van der Waals surface area contributed by atoms with Crippen molar-refractivity contribution in [3.63, 3.8) is 0 Å². The highest BCUT2D eigenvalue weighted by Crippen LogP contribution is 2.42. The minimum atomic E-state index is -0.0198. The van der Waals surface area contributed by atoms with Crippen LogP contribution in [0.15, 0.2) is 124 Å². The topological polar surface area (TPSA) is 24.4 Å². The van der Waals surface area contributed by atoms with Crippen molar-refractivity contribution in [1.82, 2.24) is 5.32 Å². The van der Waals surface area contributed by atoms with Crippen LogP contribution in [-0.2, 0) is 0 Å². The third kappa shape index (κ3) is 7.20. The minimum absolute atomic E-state index is 0.0198. The smallest absolute Gasteiger partial charge is 0.129 e. The summed E-state index contributed by atoms with van der Waals surface area (Å²) in [4.78, 5) is 5.62. The lowest BCUT2D eigenvalue weighted by Gasteiger charge is -2.36. The summed E-state index contributed by atoms with van der Waals surface area (Å²) in [7, 11) is 0. The van der Waals surface area contributed by atoms with E-state index in [0.29, 0.717) is 11.8 Å². The summed E-state index contributed by atoms with van der Waals surface area (Å²) in [5, 5.41) is 3.94. The van der Waals surface area contributed by atoms with E-state index in [1.165, 1.54) is 33.6 Å². The van der Waals surface area contributed by atoms with Crippen LogP contribution in [-0.4, -0.2) is 11.9 Å². The summed E-state index contributed by atoms with van der Waals surface area (Å²) in [6, 6.07) is 12.9. The van der Waals surface area contributed by atoms with Gasteiger partial charge in [0.15, 0.2) is 0 Å². The van der Waals surface area contributed by atoms with Gasteiger partial charge in [-0.3, -0.25) is 4.99 Å². The van der Waals surface area contributed by atoms with Gasteiger partial charge in [0.05, 0.1) is 11.7 Å². The van der Waals surface area contributed by atoms with Gasteiger partial charge in [-0.25, -0.2) is 0 Å². The molecule has 1 aromatic carbocycles. The fraction of sp³-hybridized carbons (Fsp3) is 0.419. The number of hydrogen-bond acceptors (Lipinski definition) is 2. The molecule has 232 valence electrons. The van der Waals surface area contributed by atoms with Gasteiger partial charge in [0.2, 0.25) is 0 Å². The molecule has 4 atom stereocenters. The summed E-state index contributed by atoms with van der Waals surface area (Å²) in [5.41, 5.74) is 9.29. The molecule has 1 aliphatic heterocycles. The van der Waals surface area contributed by atoms with Gasteiger partial charge < -0.3 is 5.32 Å². The molecule has 0 amide bonds. The molecule has 1 aromatic rings. The maximum Gasteiger partial charge on any atom is 0.129 e. The third-order valence-corrected chi connectivity index (χ3v) is 9.97. The van der Waals surface area contributed by atoms with Crippen LogP contribution in [0.2, 0.25) is 0 Å². The Morgan fingerprint density at radius 1 is 0.933 bits per heavy atom. The van der Waals surface area contributed by atoms with E-state index in [0.717, 1.165) is 49.9 Å². The highest BCUT2D eigenvalue weighted by Gasteiger charge is 2.35. The molecule has 0 aromatic heterocycles. The van der Waals surface area contributed by atoms with E-state index < -0.39 is 0 Å². The highest BCUT2D eigenvalue weighted by molar-refractivity contribution is 6.04. The van der Waals surface area contributed by atoms with Crippen molar-refractivity contribution in [1.29, 1.82) is 0 Å². The van der Waals surface area contributed by atoms with Crippen molar-refractivity contribution >= 4 is 11.4 Å². The number of rotatable bonds is 6. The molecule has 1 heterocycles. The van der Waals surface area contributed by atoms with Crippen molar-refractivity contribution in [3.05, 3.63) is 137 Å². The van der Waals surface area contributed by atoms with Gasteiger partial charge in [-0.15, -0.1) is 0 Å². The Labute approximate surface area is 272 Å². The van der Waals surface area contributed by atoms with Crippen LogP contribution >= 0.6 is 0 Å². The highest BCUT2D eigenvalue weighted by atomic mass is 15.1. The van der Waals surface area contributed by atoms with Crippen molar-refractivity contribution in [3.8, 4) is 0 Å². The van der Waals surface area contributed by atoms with Gasteiger partial charge in [0.25, 0.3) is 0 Å².